The second-order valence-electron chi connectivity index (χ2n) is 3.94. The number of hydrogen-bond donors (Lipinski definition) is 1. The van der Waals surface area contributed by atoms with Crippen LogP contribution in [0.4, 0.5) is 5.69 Å². The van der Waals surface area contributed by atoms with Gasteiger partial charge < -0.3 is 15.1 Å². The Bertz CT molecular complexity index is 482. The van der Waals surface area contributed by atoms with E-state index in [4.69, 9.17) is 21.8 Å². The van der Waals surface area contributed by atoms with Crippen molar-refractivity contribution < 1.29 is 4.42 Å². The average molecular weight is 251 g/mol. The van der Waals surface area contributed by atoms with Crippen molar-refractivity contribution in [1.82, 2.24) is 0 Å². The first kappa shape index (κ1) is 12.0. The fraction of sp³-hybridized carbons (Fsp3) is 0.231. The normalized spacial score (nSPS) is 10.5. The standard InChI is InChI=1S/C13H15ClN2O/c1-16(8-10-5-6-17-9-10)13-11(7-15)3-2-4-12(13)14/h2-6,9H,7-8,15H2,1H3. The number of para-hydroxylation sites is 1. The van der Waals surface area contributed by atoms with Gasteiger partial charge in [-0.15, -0.1) is 0 Å². The predicted molar refractivity (Wildman–Crippen MR) is 70.2 cm³/mol. The minimum Gasteiger partial charge on any atom is -0.472 e. The Morgan fingerprint density at radius 3 is 2.82 bits per heavy atom. The van der Waals surface area contributed by atoms with Crippen LogP contribution in [0.1, 0.15) is 11.1 Å². The summed E-state index contributed by atoms with van der Waals surface area (Å²) >= 11 is 6.22. The lowest BCUT2D eigenvalue weighted by molar-refractivity contribution is 0.563. The third-order valence-electron chi connectivity index (χ3n) is 2.67. The highest BCUT2D eigenvalue weighted by molar-refractivity contribution is 6.33. The van der Waals surface area contributed by atoms with Gasteiger partial charge in [0.25, 0.3) is 0 Å². The lowest BCUT2D eigenvalue weighted by Crippen LogP contribution is -2.19. The molecule has 1 aromatic heterocycles. The molecule has 0 aliphatic rings. The second-order valence-corrected chi connectivity index (χ2v) is 4.35. The van der Waals surface area contributed by atoms with Crippen LogP contribution in [0, 0.1) is 0 Å². The molecule has 0 bridgehead atoms. The minimum atomic E-state index is 0.478. The maximum absolute atomic E-state index is 6.22. The highest BCUT2D eigenvalue weighted by atomic mass is 35.5. The van der Waals surface area contributed by atoms with Crippen molar-refractivity contribution in [2.45, 2.75) is 13.1 Å². The molecule has 90 valence electrons. The number of nitrogens with zero attached hydrogens (tertiary/aromatic N) is 1. The summed E-state index contributed by atoms with van der Waals surface area (Å²) in [4.78, 5) is 2.08. The molecule has 3 nitrogen and oxygen atoms in total. The van der Waals surface area contributed by atoms with Gasteiger partial charge in [-0.25, -0.2) is 0 Å². The second kappa shape index (κ2) is 5.25. The number of benzene rings is 1. The quantitative estimate of drug-likeness (QED) is 0.907. The number of anilines is 1. The summed E-state index contributed by atoms with van der Waals surface area (Å²) in [5, 5.41) is 0.721. The van der Waals surface area contributed by atoms with Crippen LogP contribution < -0.4 is 10.6 Å². The van der Waals surface area contributed by atoms with E-state index in [-0.39, 0.29) is 0 Å². The van der Waals surface area contributed by atoms with Crippen molar-refractivity contribution in [2.24, 2.45) is 5.73 Å². The molecule has 4 heteroatoms. The van der Waals surface area contributed by atoms with Crippen molar-refractivity contribution in [3.05, 3.63) is 52.9 Å². The largest absolute Gasteiger partial charge is 0.472 e. The van der Waals surface area contributed by atoms with E-state index < -0.39 is 0 Å². The summed E-state index contributed by atoms with van der Waals surface area (Å²) in [6, 6.07) is 7.73. The molecule has 17 heavy (non-hydrogen) atoms. The zero-order chi connectivity index (χ0) is 12.3. The molecular weight excluding hydrogens is 236 g/mol. The van der Waals surface area contributed by atoms with Gasteiger partial charge in [-0.2, -0.15) is 0 Å². The molecule has 2 N–H and O–H groups in total. The van der Waals surface area contributed by atoms with Gasteiger partial charge in [0, 0.05) is 25.7 Å². The SMILES string of the molecule is CN(Cc1ccoc1)c1c(Cl)cccc1CN. The molecule has 0 atom stereocenters. The van der Waals surface area contributed by atoms with Crippen LogP contribution in [0.3, 0.4) is 0 Å². The molecule has 0 radical (unpaired) electrons. The van der Waals surface area contributed by atoms with Crippen molar-refractivity contribution in [3.8, 4) is 0 Å². The lowest BCUT2D eigenvalue weighted by Gasteiger charge is -2.22. The smallest absolute Gasteiger partial charge is 0.0952 e. The van der Waals surface area contributed by atoms with Crippen LogP contribution in [0.25, 0.3) is 0 Å². The molecular formula is C13H15ClN2O. The summed E-state index contributed by atoms with van der Waals surface area (Å²) < 4.78 is 5.05. The van der Waals surface area contributed by atoms with Gasteiger partial charge >= 0.3 is 0 Å². The fourth-order valence-corrected chi connectivity index (χ4v) is 2.23. The zero-order valence-electron chi connectivity index (χ0n) is 9.69. The molecule has 0 unspecified atom stereocenters. The van der Waals surface area contributed by atoms with Crippen LogP contribution in [-0.2, 0) is 13.1 Å². The van der Waals surface area contributed by atoms with Crippen molar-refractivity contribution in [3.63, 3.8) is 0 Å². The van der Waals surface area contributed by atoms with E-state index >= 15 is 0 Å². The van der Waals surface area contributed by atoms with E-state index in [1.54, 1.807) is 12.5 Å². The summed E-state index contributed by atoms with van der Waals surface area (Å²) in [6.07, 6.45) is 3.40. The van der Waals surface area contributed by atoms with E-state index in [0.717, 1.165) is 28.4 Å². The number of halogens is 1. The van der Waals surface area contributed by atoms with Gasteiger partial charge in [-0.1, -0.05) is 23.7 Å². The molecule has 0 saturated heterocycles. The molecule has 0 fully saturated rings. The number of furan rings is 1. The Labute approximate surface area is 106 Å². The third kappa shape index (κ3) is 2.62. The van der Waals surface area contributed by atoms with Gasteiger partial charge in [0.15, 0.2) is 0 Å². The third-order valence-corrected chi connectivity index (χ3v) is 2.98. The zero-order valence-corrected chi connectivity index (χ0v) is 10.4. The molecule has 0 spiro atoms. The van der Waals surface area contributed by atoms with Gasteiger partial charge in [0.1, 0.15) is 0 Å². The van der Waals surface area contributed by atoms with Crippen molar-refractivity contribution >= 4 is 17.3 Å². The molecule has 1 aromatic carbocycles. The number of rotatable bonds is 4. The Morgan fingerprint density at radius 1 is 1.35 bits per heavy atom. The van der Waals surface area contributed by atoms with Crippen molar-refractivity contribution in [2.75, 3.05) is 11.9 Å². The molecule has 0 amide bonds. The molecule has 1 heterocycles. The molecule has 2 rings (SSSR count). The van der Waals surface area contributed by atoms with Gasteiger partial charge in [0.2, 0.25) is 0 Å². The van der Waals surface area contributed by atoms with Crippen LogP contribution in [0.15, 0.2) is 41.2 Å². The summed E-state index contributed by atoms with van der Waals surface area (Å²) in [7, 11) is 1.99. The highest BCUT2D eigenvalue weighted by Gasteiger charge is 2.11. The van der Waals surface area contributed by atoms with E-state index in [9.17, 15) is 0 Å². The topological polar surface area (TPSA) is 42.4 Å². The molecule has 2 aromatic rings. The van der Waals surface area contributed by atoms with Crippen LogP contribution in [0.2, 0.25) is 5.02 Å². The molecule has 0 saturated carbocycles. The van der Waals surface area contributed by atoms with E-state index in [1.165, 1.54) is 0 Å². The first-order chi connectivity index (χ1) is 8.22. The highest BCUT2D eigenvalue weighted by Crippen LogP contribution is 2.29. The Morgan fingerprint density at radius 2 is 2.18 bits per heavy atom. The van der Waals surface area contributed by atoms with Crippen molar-refractivity contribution in [1.29, 1.82) is 0 Å². The van der Waals surface area contributed by atoms with Gasteiger partial charge in [0.05, 0.1) is 23.2 Å². The number of hydrogen-bond acceptors (Lipinski definition) is 3. The molecule has 0 aliphatic heterocycles. The van der Waals surface area contributed by atoms with Crippen LogP contribution in [0.5, 0.6) is 0 Å². The van der Waals surface area contributed by atoms with Gasteiger partial charge in [-0.3, -0.25) is 0 Å². The lowest BCUT2D eigenvalue weighted by atomic mass is 10.1. The van der Waals surface area contributed by atoms with Crippen LogP contribution in [-0.4, -0.2) is 7.05 Å². The Hall–Kier alpha value is -1.45. The minimum absolute atomic E-state index is 0.478. The first-order valence-electron chi connectivity index (χ1n) is 5.42. The monoisotopic (exact) mass is 250 g/mol. The van der Waals surface area contributed by atoms with Crippen LogP contribution >= 0.6 is 11.6 Å². The summed E-state index contributed by atoms with van der Waals surface area (Å²) in [5.74, 6) is 0. The Balaban J connectivity index is 2.26. The summed E-state index contributed by atoms with van der Waals surface area (Å²) in [5.41, 5.74) is 8.86. The first-order valence-corrected chi connectivity index (χ1v) is 5.80. The van der Waals surface area contributed by atoms with E-state index in [0.29, 0.717) is 6.54 Å². The predicted octanol–water partition coefficient (Wildman–Crippen LogP) is 3.03. The van der Waals surface area contributed by atoms with Gasteiger partial charge in [-0.05, 0) is 17.7 Å². The maximum Gasteiger partial charge on any atom is 0.0952 e. The maximum atomic E-state index is 6.22. The molecule has 0 aliphatic carbocycles. The van der Waals surface area contributed by atoms with E-state index in [2.05, 4.69) is 4.90 Å². The fourth-order valence-electron chi connectivity index (χ4n) is 1.89. The number of nitrogens with two attached hydrogens (primary N) is 1. The average Bonchev–Trinajstić information content (AvgIpc) is 2.81. The van der Waals surface area contributed by atoms with E-state index in [1.807, 2.05) is 31.3 Å². The Kier molecular flexibility index (Phi) is 3.71. The summed E-state index contributed by atoms with van der Waals surface area (Å²) in [6.45, 7) is 1.22.